The number of carboxylic acids is 1. The van der Waals surface area contributed by atoms with Crippen molar-refractivity contribution in [2.24, 2.45) is 17.8 Å². The largest absolute Gasteiger partial charge is 0.481 e. The van der Waals surface area contributed by atoms with Gasteiger partial charge in [-0.25, -0.2) is 0 Å². The van der Waals surface area contributed by atoms with Gasteiger partial charge in [-0.2, -0.15) is 0 Å². The van der Waals surface area contributed by atoms with Crippen molar-refractivity contribution < 1.29 is 19.5 Å². The lowest BCUT2D eigenvalue weighted by molar-refractivity contribution is -0.147. The average Bonchev–Trinajstić information content (AvgIpc) is 3.40. The van der Waals surface area contributed by atoms with Crippen LogP contribution in [-0.2, 0) is 22.4 Å². The van der Waals surface area contributed by atoms with E-state index in [2.05, 4.69) is 17.6 Å². The van der Waals surface area contributed by atoms with E-state index in [1.54, 1.807) is 0 Å². The van der Waals surface area contributed by atoms with Gasteiger partial charge in [0.15, 0.2) is 0 Å². The second kappa shape index (κ2) is 9.72. The molecule has 0 aliphatic heterocycles. The zero-order valence-electron chi connectivity index (χ0n) is 18.4. The molecule has 0 spiro atoms. The molecule has 1 heterocycles. The fourth-order valence-corrected chi connectivity index (χ4v) is 6.97. The van der Waals surface area contributed by atoms with Crippen molar-refractivity contribution in [1.82, 2.24) is 5.32 Å². The lowest BCUT2D eigenvalue weighted by Gasteiger charge is -2.27. The third kappa shape index (κ3) is 4.81. The predicted octanol–water partition coefficient (Wildman–Crippen LogP) is 4.76. The Hall–Kier alpha value is -1.89. The predicted molar refractivity (Wildman–Crippen MR) is 122 cm³/mol. The van der Waals surface area contributed by atoms with Crippen molar-refractivity contribution in [1.29, 1.82) is 0 Å². The van der Waals surface area contributed by atoms with Gasteiger partial charge in [-0.1, -0.05) is 39.0 Å². The Balaban J connectivity index is 1.59. The number of nitrogens with one attached hydrogen (secondary N) is 2. The van der Waals surface area contributed by atoms with Crippen molar-refractivity contribution in [2.75, 3.05) is 5.32 Å². The van der Waals surface area contributed by atoms with E-state index in [1.807, 2.05) is 0 Å². The molecule has 3 aliphatic rings. The minimum atomic E-state index is -0.893. The normalized spacial score (nSPS) is 26.3. The summed E-state index contributed by atoms with van der Waals surface area (Å²) >= 11 is 1.53. The lowest BCUT2D eigenvalue weighted by Crippen LogP contribution is -2.37. The first-order valence-corrected chi connectivity index (χ1v) is 12.8. The van der Waals surface area contributed by atoms with Crippen LogP contribution in [0, 0.1) is 17.8 Å². The summed E-state index contributed by atoms with van der Waals surface area (Å²) in [6, 6.07) is 0.216. The number of hydrogen-bond donors (Lipinski definition) is 3. The Morgan fingerprint density at radius 3 is 2.35 bits per heavy atom. The maximum atomic E-state index is 13.3. The molecular formula is C24H34N2O4S. The molecule has 3 aliphatic carbocycles. The first kappa shape index (κ1) is 22.3. The molecule has 4 rings (SSSR count). The highest BCUT2D eigenvalue weighted by Crippen LogP contribution is 2.41. The van der Waals surface area contributed by atoms with Crippen LogP contribution >= 0.6 is 11.3 Å². The number of amides is 2. The summed E-state index contributed by atoms with van der Waals surface area (Å²) in [4.78, 5) is 39.3. The fraction of sp³-hybridized carbons (Fsp3) is 0.708. The van der Waals surface area contributed by atoms with E-state index in [-0.39, 0.29) is 17.9 Å². The van der Waals surface area contributed by atoms with Crippen LogP contribution in [0.4, 0.5) is 5.00 Å². The summed E-state index contributed by atoms with van der Waals surface area (Å²) < 4.78 is 0. The number of carboxylic acid groups (broad SMARTS) is 1. The van der Waals surface area contributed by atoms with E-state index in [4.69, 9.17) is 0 Å². The third-order valence-electron chi connectivity index (χ3n) is 7.52. The molecule has 0 radical (unpaired) electrons. The smallest absolute Gasteiger partial charge is 0.307 e. The minimum Gasteiger partial charge on any atom is -0.481 e. The van der Waals surface area contributed by atoms with Crippen LogP contribution in [0.5, 0.6) is 0 Å². The Labute approximate surface area is 188 Å². The van der Waals surface area contributed by atoms with Gasteiger partial charge in [0.05, 0.1) is 17.4 Å². The number of rotatable bonds is 6. The summed E-state index contributed by atoms with van der Waals surface area (Å²) in [5.41, 5.74) is 1.73. The first-order chi connectivity index (χ1) is 15.0. The van der Waals surface area contributed by atoms with Crippen molar-refractivity contribution in [3.63, 3.8) is 0 Å². The van der Waals surface area contributed by atoms with Crippen LogP contribution in [0.25, 0.3) is 0 Å². The zero-order valence-corrected chi connectivity index (χ0v) is 19.2. The summed E-state index contributed by atoms with van der Waals surface area (Å²) in [5, 5.41) is 16.4. The number of aliphatic carboxylic acids is 1. The van der Waals surface area contributed by atoms with Crippen LogP contribution in [0.2, 0.25) is 0 Å². The molecule has 31 heavy (non-hydrogen) atoms. The van der Waals surface area contributed by atoms with Gasteiger partial charge >= 0.3 is 5.97 Å². The van der Waals surface area contributed by atoms with Crippen LogP contribution in [0.15, 0.2) is 0 Å². The number of carbonyl (C=O) groups is 3. The Morgan fingerprint density at radius 1 is 1.00 bits per heavy atom. The molecule has 3 N–H and O–H groups in total. The van der Waals surface area contributed by atoms with Gasteiger partial charge in [0.2, 0.25) is 5.91 Å². The SMILES string of the molecule is CC[C@H]1CCc2c(sc(NC(=O)[C@@H]3CCCC[C@@H]3C(=O)O)c2C(=O)NC2CCCC2)C1. The molecule has 6 nitrogen and oxygen atoms in total. The maximum absolute atomic E-state index is 13.3. The number of fused-ring (bicyclic) bond motifs is 1. The van der Waals surface area contributed by atoms with Crippen LogP contribution in [0.1, 0.15) is 91.9 Å². The molecule has 0 unspecified atom stereocenters. The standard InChI is InChI=1S/C24H34N2O4S/c1-2-14-11-12-18-19(13-14)31-23(20(18)22(28)25-15-7-3-4-8-15)26-21(27)16-9-5-6-10-17(16)24(29)30/h14-17H,2-13H2,1H3,(H,25,28)(H,26,27)(H,29,30)/t14-,16+,17-/m0/s1. The summed E-state index contributed by atoms with van der Waals surface area (Å²) in [6.07, 6.45) is 11.2. The van der Waals surface area contributed by atoms with Crippen molar-refractivity contribution in [2.45, 2.75) is 90.0 Å². The zero-order chi connectivity index (χ0) is 22.0. The Morgan fingerprint density at radius 2 is 1.68 bits per heavy atom. The van der Waals surface area contributed by atoms with Crippen LogP contribution in [0.3, 0.4) is 0 Å². The summed E-state index contributed by atoms with van der Waals surface area (Å²) in [6.45, 7) is 2.20. The van der Waals surface area contributed by atoms with E-state index in [0.717, 1.165) is 69.8 Å². The molecule has 0 bridgehead atoms. The monoisotopic (exact) mass is 446 g/mol. The molecule has 170 valence electrons. The molecular weight excluding hydrogens is 412 g/mol. The fourth-order valence-electron chi connectivity index (χ4n) is 5.60. The molecule has 1 aromatic rings. The van der Waals surface area contributed by atoms with E-state index in [1.165, 1.54) is 16.2 Å². The second-order valence-electron chi connectivity index (χ2n) is 9.50. The molecule has 0 aromatic carbocycles. The molecule has 2 saturated carbocycles. The molecule has 2 fully saturated rings. The molecule has 0 saturated heterocycles. The van der Waals surface area contributed by atoms with E-state index in [0.29, 0.717) is 29.3 Å². The topological polar surface area (TPSA) is 95.5 Å². The van der Waals surface area contributed by atoms with Crippen LogP contribution in [-0.4, -0.2) is 28.9 Å². The first-order valence-electron chi connectivity index (χ1n) is 12.0. The quantitative estimate of drug-likeness (QED) is 0.587. The Bertz CT molecular complexity index is 843. The van der Waals surface area contributed by atoms with Crippen molar-refractivity contribution in [3.8, 4) is 0 Å². The average molecular weight is 447 g/mol. The van der Waals surface area contributed by atoms with Gasteiger partial charge in [0, 0.05) is 10.9 Å². The number of carbonyl (C=O) groups excluding carboxylic acids is 2. The van der Waals surface area contributed by atoms with Gasteiger partial charge in [0.25, 0.3) is 5.91 Å². The highest BCUT2D eigenvalue weighted by atomic mass is 32.1. The van der Waals surface area contributed by atoms with E-state index >= 15 is 0 Å². The highest BCUT2D eigenvalue weighted by Gasteiger charge is 2.37. The van der Waals surface area contributed by atoms with Gasteiger partial charge in [-0.3, -0.25) is 14.4 Å². The maximum Gasteiger partial charge on any atom is 0.307 e. The number of hydrogen-bond acceptors (Lipinski definition) is 4. The van der Waals surface area contributed by atoms with Gasteiger partial charge in [-0.15, -0.1) is 11.3 Å². The van der Waals surface area contributed by atoms with Gasteiger partial charge in [-0.05, 0) is 56.4 Å². The van der Waals surface area contributed by atoms with E-state index < -0.39 is 17.8 Å². The van der Waals surface area contributed by atoms with Crippen LogP contribution < -0.4 is 10.6 Å². The van der Waals surface area contributed by atoms with Gasteiger partial charge in [0.1, 0.15) is 5.00 Å². The summed E-state index contributed by atoms with van der Waals surface area (Å²) in [7, 11) is 0. The molecule has 1 aromatic heterocycles. The Kier molecular flexibility index (Phi) is 6.99. The van der Waals surface area contributed by atoms with E-state index in [9.17, 15) is 19.5 Å². The number of anilines is 1. The highest BCUT2D eigenvalue weighted by molar-refractivity contribution is 7.17. The molecule has 7 heteroatoms. The van der Waals surface area contributed by atoms with Crippen molar-refractivity contribution >= 4 is 34.1 Å². The van der Waals surface area contributed by atoms with Crippen molar-refractivity contribution in [3.05, 3.63) is 16.0 Å². The lowest BCUT2D eigenvalue weighted by atomic mass is 9.78. The molecule has 3 atom stereocenters. The number of thiophene rings is 1. The summed E-state index contributed by atoms with van der Waals surface area (Å²) in [5.74, 6) is -1.76. The molecule has 2 amide bonds. The second-order valence-corrected chi connectivity index (χ2v) is 10.6. The van der Waals surface area contributed by atoms with Gasteiger partial charge < -0.3 is 15.7 Å². The third-order valence-corrected chi connectivity index (χ3v) is 8.69. The minimum absolute atomic E-state index is 0.0759.